The van der Waals surface area contributed by atoms with Crippen molar-refractivity contribution in [3.05, 3.63) is 33.9 Å². The fraction of sp³-hybridized carbons (Fsp3) is 0.300. The maximum atomic E-state index is 11.5. The summed E-state index contributed by atoms with van der Waals surface area (Å²) in [6.45, 7) is 0.379. The molecule has 92 valence electrons. The predicted molar refractivity (Wildman–Crippen MR) is 59.7 cm³/mol. The van der Waals surface area contributed by atoms with Crippen LogP contribution in [-0.2, 0) is 9.47 Å². The van der Waals surface area contributed by atoms with E-state index in [1.165, 1.54) is 19.2 Å². The van der Waals surface area contributed by atoms with Crippen molar-refractivity contribution in [3.63, 3.8) is 0 Å². The lowest BCUT2D eigenvalue weighted by atomic mass is 10.1. The first-order valence-corrected chi connectivity index (χ1v) is 4.76. The number of nitrogens with zero attached hydrogens (tertiary/aromatic N) is 1. The van der Waals surface area contributed by atoms with Gasteiger partial charge >= 0.3 is 5.97 Å². The molecule has 0 unspecified atom stereocenters. The van der Waals surface area contributed by atoms with Crippen LogP contribution < -0.4 is 5.73 Å². The zero-order chi connectivity index (χ0) is 12.8. The molecule has 1 aromatic carbocycles. The number of carbonyl (C=O) groups is 1. The second-order valence-corrected chi connectivity index (χ2v) is 3.16. The minimum absolute atomic E-state index is 0.0154. The van der Waals surface area contributed by atoms with Gasteiger partial charge in [0.05, 0.1) is 22.8 Å². The Hall–Kier alpha value is -2.15. The molecule has 0 amide bonds. The van der Waals surface area contributed by atoms with Gasteiger partial charge in [-0.05, 0) is 6.07 Å². The Morgan fingerprint density at radius 2 is 2.18 bits per heavy atom. The van der Waals surface area contributed by atoms with Gasteiger partial charge in [-0.15, -0.1) is 0 Å². The number of non-ortho nitro benzene ring substituents is 1. The number of esters is 1. The monoisotopic (exact) mass is 240 g/mol. The number of anilines is 1. The van der Waals surface area contributed by atoms with Crippen LogP contribution in [0.15, 0.2) is 18.2 Å². The van der Waals surface area contributed by atoms with Gasteiger partial charge in [0.2, 0.25) is 0 Å². The Labute approximate surface area is 97.3 Å². The van der Waals surface area contributed by atoms with Crippen LogP contribution in [0.1, 0.15) is 10.4 Å². The van der Waals surface area contributed by atoms with E-state index in [2.05, 4.69) is 0 Å². The highest BCUT2D eigenvalue weighted by Gasteiger charge is 2.15. The van der Waals surface area contributed by atoms with Crippen LogP contribution in [0.2, 0.25) is 0 Å². The molecule has 0 atom stereocenters. The van der Waals surface area contributed by atoms with Crippen molar-refractivity contribution in [3.8, 4) is 0 Å². The van der Waals surface area contributed by atoms with Crippen LogP contribution in [0, 0.1) is 10.1 Å². The van der Waals surface area contributed by atoms with Gasteiger partial charge in [0, 0.05) is 19.2 Å². The molecule has 0 radical (unpaired) electrons. The molecule has 1 aromatic rings. The number of hydrogen-bond acceptors (Lipinski definition) is 6. The molecule has 2 N–H and O–H groups in total. The summed E-state index contributed by atoms with van der Waals surface area (Å²) in [5.41, 5.74) is 5.48. The summed E-state index contributed by atoms with van der Waals surface area (Å²) in [6, 6.07) is 3.58. The van der Waals surface area contributed by atoms with E-state index in [-0.39, 0.29) is 30.2 Å². The third kappa shape index (κ3) is 3.42. The first-order chi connectivity index (χ1) is 8.06. The van der Waals surface area contributed by atoms with Gasteiger partial charge in [-0.2, -0.15) is 0 Å². The second kappa shape index (κ2) is 5.80. The summed E-state index contributed by atoms with van der Waals surface area (Å²) in [5, 5.41) is 10.5. The predicted octanol–water partition coefficient (Wildman–Crippen LogP) is 0.980. The number of nitro benzene ring substituents is 1. The van der Waals surface area contributed by atoms with E-state index in [4.69, 9.17) is 15.2 Å². The fourth-order valence-corrected chi connectivity index (χ4v) is 1.15. The number of methoxy groups -OCH3 is 1. The maximum absolute atomic E-state index is 11.5. The zero-order valence-corrected chi connectivity index (χ0v) is 9.21. The molecule has 0 aliphatic rings. The van der Waals surface area contributed by atoms with E-state index in [1.807, 2.05) is 0 Å². The maximum Gasteiger partial charge on any atom is 0.340 e. The zero-order valence-electron chi connectivity index (χ0n) is 9.21. The van der Waals surface area contributed by atoms with Crippen LogP contribution in [0.4, 0.5) is 11.4 Å². The molecule has 0 bridgehead atoms. The van der Waals surface area contributed by atoms with Crippen LogP contribution in [0.3, 0.4) is 0 Å². The van der Waals surface area contributed by atoms with Gasteiger partial charge in [0.1, 0.15) is 6.61 Å². The number of hydrogen-bond donors (Lipinski definition) is 1. The van der Waals surface area contributed by atoms with Crippen LogP contribution >= 0.6 is 0 Å². The molecule has 0 fully saturated rings. The molecule has 7 nitrogen and oxygen atoms in total. The molecule has 0 aliphatic carbocycles. The number of benzene rings is 1. The van der Waals surface area contributed by atoms with E-state index in [1.54, 1.807) is 0 Å². The van der Waals surface area contributed by atoms with Crippen molar-refractivity contribution in [2.75, 3.05) is 26.1 Å². The van der Waals surface area contributed by atoms with Crippen molar-refractivity contribution in [2.24, 2.45) is 0 Å². The summed E-state index contributed by atoms with van der Waals surface area (Å²) in [5.74, 6) is -0.630. The standard InChI is InChI=1S/C10H12N2O5/c1-16-4-5-17-10(13)8-3-2-7(12(14)15)6-9(8)11/h2-3,6H,4-5,11H2,1H3. The molecule has 0 heterocycles. The number of nitrogen functional groups attached to an aromatic ring is 1. The SMILES string of the molecule is COCCOC(=O)c1ccc([N+](=O)[O-])cc1N. The molecule has 0 saturated carbocycles. The van der Waals surface area contributed by atoms with E-state index in [0.717, 1.165) is 6.07 Å². The van der Waals surface area contributed by atoms with Gasteiger partial charge in [-0.1, -0.05) is 0 Å². The van der Waals surface area contributed by atoms with Gasteiger partial charge in [0.15, 0.2) is 0 Å². The van der Waals surface area contributed by atoms with Gasteiger partial charge < -0.3 is 15.2 Å². The normalized spacial score (nSPS) is 9.94. The Morgan fingerprint density at radius 1 is 1.47 bits per heavy atom. The van der Waals surface area contributed by atoms with E-state index in [0.29, 0.717) is 0 Å². The minimum atomic E-state index is -0.630. The molecule has 0 aromatic heterocycles. The summed E-state index contributed by atoms with van der Waals surface area (Å²) in [7, 11) is 1.48. The van der Waals surface area contributed by atoms with Gasteiger partial charge in [-0.25, -0.2) is 4.79 Å². The smallest absolute Gasteiger partial charge is 0.340 e. The highest BCUT2D eigenvalue weighted by molar-refractivity contribution is 5.95. The van der Waals surface area contributed by atoms with Crippen LogP contribution in [0.5, 0.6) is 0 Å². The fourth-order valence-electron chi connectivity index (χ4n) is 1.15. The lowest BCUT2D eigenvalue weighted by molar-refractivity contribution is -0.384. The third-order valence-corrected chi connectivity index (χ3v) is 1.99. The van der Waals surface area contributed by atoms with Crippen molar-refractivity contribution < 1.29 is 19.2 Å². The van der Waals surface area contributed by atoms with Crippen molar-refractivity contribution in [2.45, 2.75) is 0 Å². The molecular weight excluding hydrogens is 228 g/mol. The number of nitrogens with two attached hydrogens (primary N) is 1. The lowest BCUT2D eigenvalue weighted by Crippen LogP contribution is -2.12. The average Bonchev–Trinajstić information content (AvgIpc) is 2.28. The van der Waals surface area contributed by atoms with Crippen molar-refractivity contribution in [1.82, 2.24) is 0 Å². The number of carbonyl (C=O) groups excluding carboxylic acids is 1. The molecular formula is C10H12N2O5. The molecule has 17 heavy (non-hydrogen) atoms. The third-order valence-electron chi connectivity index (χ3n) is 1.99. The first kappa shape index (κ1) is 12.9. The van der Waals surface area contributed by atoms with Crippen LogP contribution in [0.25, 0.3) is 0 Å². The Kier molecular flexibility index (Phi) is 4.41. The number of nitro groups is 1. The van der Waals surface area contributed by atoms with Gasteiger partial charge in [-0.3, -0.25) is 10.1 Å². The highest BCUT2D eigenvalue weighted by atomic mass is 16.6. The van der Waals surface area contributed by atoms with E-state index >= 15 is 0 Å². The summed E-state index contributed by atoms with van der Waals surface area (Å²) in [6.07, 6.45) is 0. The lowest BCUT2D eigenvalue weighted by Gasteiger charge is -2.06. The number of ether oxygens (including phenoxy) is 2. The van der Waals surface area contributed by atoms with E-state index in [9.17, 15) is 14.9 Å². The van der Waals surface area contributed by atoms with Crippen molar-refractivity contribution >= 4 is 17.3 Å². The first-order valence-electron chi connectivity index (χ1n) is 4.76. The molecule has 0 saturated heterocycles. The second-order valence-electron chi connectivity index (χ2n) is 3.16. The average molecular weight is 240 g/mol. The summed E-state index contributed by atoms with van der Waals surface area (Å²) >= 11 is 0. The Morgan fingerprint density at radius 3 is 2.71 bits per heavy atom. The Balaban J connectivity index is 2.78. The largest absolute Gasteiger partial charge is 0.460 e. The highest BCUT2D eigenvalue weighted by Crippen LogP contribution is 2.20. The molecule has 7 heteroatoms. The molecule has 0 spiro atoms. The van der Waals surface area contributed by atoms with Gasteiger partial charge in [0.25, 0.3) is 5.69 Å². The topological polar surface area (TPSA) is 105 Å². The van der Waals surface area contributed by atoms with Crippen molar-refractivity contribution in [1.29, 1.82) is 0 Å². The molecule has 1 rings (SSSR count). The minimum Gasteiger partial charge on any atom is -0.460 e. The summed E-state index contributed by atoms with van der Waals surface area (Å²) < 4.78 is 9.55. The van der Waals surface area contributed by atoms with Crippen LogP contribution in [-0.4, -0.2) is 31.2 Å². The molecule has 0 aliphatic heterocycles. The summed E-state index contributed by atoms with van der Waals surface area (Å²) in [4.78, 5) is 21.4. The van der Waals surface area contributed by atoms with E-state index < -0.39 is 10.9 Å². The number of rotatable bonds is 5. The Bertz CT molecular complexity index is 433. The quantitative estimate of drug-likeness (QED) is 0.270.